The van der Waals surface area contributed by atoms with Crippen LogP contribution in [-0.2, 0) is 6.18 Å². The third-order valence-corrected chi connectivity index (χ3v) is 2.68. The molecule has 1 heterocycles. The van der Waals surface area contributed by atoms with E-state index >= 15 is 0 Å². The molecule has 0 saturated carbocycles. The average Bonchev–Trinajstić information content (AvgIpc) is 2.37. The molecule has 0 aliphatic heterocycles. The number of halogens is 4. The van der Waals surface area contributed by atoms with Gasteiger partial charge in [0.05, 0.1) is 17.3 Å². The van der Waals surface area contributed by atoms with E-state index in [1.54, 1.807) is 0 Å². The summed E-state index contributed by atoms with van der Waals surface area (Å²) >= 11 is 0. The van der Waals surface area contributed by atoms with Crippen molar-refractivity contribution in [1.29, 1.82) is 0 Å². The lowest BCUT2D eigenvalue weighted by molar-refractivity contribution is -0.138. The van der Waals surface area contributed by atoms with E-state index in [1.807, 2.05) is 0 Å². The highest BCUT2D eigenvalue weighted by Gasteiger charge is 2.35. The highest BCUT2D eigenvalue weighted by Crippen LogP contribution is 2.35. The van der Waals surface area contributed by atoms with Gasteiger partial charge in [-0.1, -0.05) is 18.2 Å². The molecule has 0 aliphatic rings. The van der Waals surface area contributed by atoms with Gasteiger partial charge in [-0.25, -0.2) is 4.39 Å². The third kappa shape index (κ3) is 2.73. The molecule has 1 aromatic carbocycles. The van der Waals surface area contributed by atoms with Crippen LogP contribution in [0.4, 0.5) is 17.6 Å². The van der Waals surface area contributed by atoms with E-state index in [-0.39, 0.29) is 11.3 Å². The second-order valence-electron chi connectivity index (χ2n) is 3.93. The maximum Gasteiger partial charge on any atom is 0.416 e. The molecule has 1 aromatic heterocycles. The van der Waals surface area contributed by atoms with Crippen LogP contribution in [0.15, 0.2) is 42.6 Å². The Morgan fingerprint density at radius 2 is 1.74 bits per heavy atom. The van der Waals surface area contributed by atoms with Gasteiger partial charge in [-0.3, -0.25) is 4.98 Å². The highest BCUT2D eigenvalue weighted by atomic mass is 19.4. The summed E-state index contributed by atoms with van der Waals surface area (Å²) in [6, 6.07) is 6.01. The second-order valence-corrected chi connectivity index (χ2v) is 3.93. The Morgan fingerprint density at radius 1 is 1.05 bits per heavy atom. The van der Waals surface area contributed by atoms with Crippen LogP contribution in [0, 0.1) is 5.82 Å². The third-order valence-electron chi connectivity index (χ3n) is 2.68. The van der Waals surface area contributed by atoms with Gasteiger partial charge in [0.25, 0.3) is 0 Å². The van der Waals surface area contributed by atoms with Gasteiger partial charge in [-0.15, -0.1) is 0 Å². The van der Waals surface area contributed by atoms with Crippen molar-refractivity contribution >= 4 is 0 Å². The van der Waals surface area contributed by atoms with Crippen molar-refractivity contribution in [2.24, 2.45) is 5.73 Å². The fourth-order valence-corrected chi connectivity index (χ4v) is 1.80. The van der Waals surface area contributed by atoms with Gasteiger partial charge in [0.2, 0.25) is 0 Å². The molecule has 1 atom stereocenters. The van der Waals surface area contributed by atoms with E-state index in [9.17, 15) is 17.6 Å². The van der Waals surface area contributed by atoms with Gasteiger partial charge < -0.3 is 5.73 Å². The Hall–Kier alpha value is -1.95. The van der Waals surface area contributed by atoms with Gasteiger partial charge in [-0.05, 0) is 23.8 Å². The number of hydrogen-bond donors (Lipinski definition) is 1. The Bertz CT molecular complexity index is 581. The largest absolute Gasteiger partial charge is 0.416 e. The average molecular weight is 270 g/mol. The molecular weight excluding hydrogens is 260 g/mol. The monoisotopic (exact) mass is 270 g/mol. The van der Waals surface area contributed by atoms with Crippen molar-refractivity contribution in [2.45, 2.75) is 12.2 Å². The van der Waals surface area contributed by atoms with Crippen LogP contribution in [0.3, 0.4) is 0 Å². The molecule has 0 amide bonds. The van der Waals surface area contributed by atoms with Crippen LogP contribution >= 0.6 is 0 Å². The molecule has 0 radical (unpaired) electrons. The van der Waals surface area contributed by atoms with Crippen LogP contribution in [-0.4, -0.2) is 4.98 Å². The fraction of sp³-hybridized carbons (Fsp3) is 0.154. The predicted molar refractivity (Wildman–Crippen MR) is 61.7 cm³/mol. The summed E-state index contributed by atoms with van der Waals surface area (Å²) in [7, 11) is 0. The normalized spacial score (nSPS) is 13.3. The lowest BCUT2D eigenvalue weighted by atomic mass is 9.97. The van der Waals surface area contributed by atoms with Gasteiger partial charge in [0, 0.05) is 6.20 Å². The predicted octanol–water partition coefficient (Wildman–Crippen LogP) is 3.29. The lowest BCUT2D eigenvalue weighted by Gasteiger charge is -2.18. The summed E-state index contributed by atoms with van der Waals surface area (Å²) in [5.41, 5.74) is 4.42. The molecule has 2 rings (SSSR count). The zero-order valence-electron chi connectivity index (χ0n) is 9.66. The first kappa shape index (κ1) is 13.5. The first-order chi connectivity index (χ1) is 8.91. The minimum absolute atomic E-state index is 0.201. The van der Waals surface area contributed by atoms with Crippen LogP contribution < -0.4 is 5.73 Å². The molecule has 1 unspecified atom stereocenters. The zero-order chi connectivity index (χ0) is 14.0. The molecule has 0 spiro atoms. The van der Waals surface area contributed by atoms with E-state index in [0.29, 0.717) is 0 Å². The van der Waals surface area contributed by atoms with Crippen molar-refractivity contribution in [3.05, 3.63) is 65.2 Å². The van der Waals surface area contributed by atoms with Crippen molar-refractivity contribution in [3.8, 4) is 0 Å². The molecule has 0 saturated heterocycles. The molecule has 100 valence electrons. The van der Waals surface area contributed by atoms with Crippen molar-refractivity contribution in [3.63, 3.8) is 0 Å². The summed E-state index contributed by atoms with van der Waals surface area (Å²) in [5.74, 6) is -0.730. The summed E-state index contributed by atoms with van der Waals surface area (Å²) in [6.07, 6.45) is -3.26. The fourth-order valence-electron chi connectivity index (χ4n) is 1.80. The Balaban J connectivity index is 2.51. The zero-order valence-corrected chi connectivity index (χ0v) is 9.66. The SMILES string of the molecule is NC(c1ccccc1C(F)(F)F)c1ncccc1F. The molecule has 19 heavy (non-hydrogen) atoms. The summed E-state index contributed by atoms with van der Waals surface area (Å²) in [6.45, 7) is 0. The standard InChI is InChI=1S/C13H10F4N2/c14-10-6-3-7-19-12(10)11(18)8-4-1-2-5-9(8)13(15,16)17/h1-7,11H,18H2. The van der Waals surface area contributed by atoms with Crippen LogP contribution in [0.1, 0.15) is 22.9 Å². The smallest absolute Gasteiger partial charge is 0.319 e. The number of hydrogen-bond acceptors (Lipinski definition) is 2. The molecule has 0 bridgehead atoms. The molecule has 2 nitrogen and oxygen atoms in total. The van der Waals surface area contributed by atoms with Crippen molar-refractivity contribution in [1.82, 2.24) is 4.98 Å². The molecular formula is C13H10F4N2. The summed E-state index contributed by atoms with van der Waals surface area (Å²) in [4.78, 5) is 3.71. The Labute approximate surface area is 106 Å². The minimum Gasteiger partial charge on any atom is -0.319 e. The summed E-state index contributed by atoms with van der Waals surface area (Å²) in [5, 5.41) is 0. The molecule has 6 heteroatoms. The maximum absolute atomic E-state index is 13.5. The Kier molecular flexibility index (Phi) is 3.53. The topological polar surface area (TPSA) is 38.9 Å². The quantitative estimate of drug-likeness (QED) is 0.850. The van der Waals surface area contributed by atoms with E-state index in [4.69, 9.17) is 5.73 Å². The van der Waals surface area contributed by atoms with Gasteiger partial charge in [0.1, 0.15) is 5.82 Å². The van der Waals surface area contributed by atoms with Gasteiger partial charge in [0.15, 0.2) is 0 Å². The molecule has 2 N–H and O–H groups in total. The highest BCUT2D eigenvalue weighted by molar-refractivity contribution is 5.36. The van der Waals surface area contributed by atoms with E-state index in [2.05, 4.69) is 4.98 Å². The minimum atomic E-state index is -4.54. The van der Waals surface area contributed by atoms with Crippen LogP contribution in [0.25, 0.3) is 0 Å². The summed E-state index contributed by atoms with van der Waals surface area (Å²) < 4.78 is 52.1. The van der Waals surface area contributed by atoms with Crippen LogP contribution in [0.5, 0.6) is 0 Å². The first-order valence-electron chi connectivity index (χ1n) is 5.43. The van der Waals surface area contributed by atoms with E-state index in [1.165, 1.54) is 30.5 Å². The number of nitrogens with two attached hydrogens (primary N) is 1. The number of rotatable bonds is 2. The number of nitrogens with zero attached hydrogens (tertiary/aromatic N) is 1. The maximum atomic E-state index is 13.5. The molecule has 2 aromatic rings. The van der Waals surface area contributed by atoms with Gasteiger partial charge in [-0.2, -0.15) is 13.2 Å². The number of alkyl halides is 3. The van der Waals surface area contributed by atoms with E-state index < -0.39 is 23.6 Å². The number of aromatic nitrogens is 1. The lowest BCUT2D eigenvalue weighted by Crippen LogP contribution is -2.20. The first-order valence-corrected chi connectivity index (χ1v) is 5.43. The van der Waals surface area contributed by atoms with Crippen molar-refractivity contribution < 1.29 is 17.6 Å². The van der Waals surface area contributed by atoms with Gasteiger partial charge >= 0.3 is 6.18 Å². The second kappa shape index (κ2) is 4.97. The van der Waals surface area contributed by atoms with E-state index in [0.717, 1.165) is 12.1 Å². The Morgan fingerprint density at radius 3 is 2.37 bits per heavy atom. The molecule has 0 aliphatic carbocycles. The number of benzene rings is 1. The molecule has 0 fully saturated rings. The number of pyridine rings is 1. The van der Waals surface area contributed by atoms with Crippen molar-refractivity contribution in [2.75, 3.05) is 0 Å². The van der Waals surface area contributed by atoms with Crippen LogP contribution in [0.2, 0.25) is 0 Å².